The van der Waals surface area contributed by atoms with Gasteiger partial charge in [0.1, 0.15) is 0 Å². The largest absolute Gasteiger partial charge is 0.473 e. The smallest absolute Gasteiger partial charge is 0.414 e. The first-order chi connectivity index (χ1) is 10.9. The number of nitrogens with one attached hydrogen (secondary N) is 1. The lowest BCUT2D eigenvalue weighted by molar-refractivity contribution is -0.159. The van der Waals surface area contributed by atoms with Crippen molar-refractivity contribution >= 4 is 17.8 Å². The van der Waals surface area contributed by atoms with Crippen molar-refractivity contribution in [2.45, 2.75) is 19.4 Å². The quantitative estimate of drug-likeness (QED) is 0.711. The van der Waals surface area contributed by atoms with Gasteiger partial charge in [-0.25, -0.2) is 9.59 Å². The number of nitrogens with zero attached hydrogens (tertiary/aromatic N) is 1. The summed E-state index contributed by atoms with van der Waals surface area (Å²) < 4.78 is 0. The Morgan fingerprint density at radius 3 is 2.09 bits per heavy atom. The zero-order chi connectivity index (χ0) is 17.2. The van der Waals surface area contributed by atoms with Crippen molar-refractivity contribution in [3.8, 4) is 0 Å². The van der Waals surface area contributed by atoms with Gasteiger partial charge in [-0.1, -0.05) is 30.3 Å². The summed E-state index contributed by atoms with van der Waals surface area (Å²) in [5, 5.41) is 18.1. The fourth-order valence-electron chi connectivity index (χ4n) is 2.32. The molecule has 126 valence electrons. The summed E-state index contributed by atoms with van der Waals surface area (Å²) in [6.07, 6.45) is 1.94. The van der Waals surface area contributed by atoms with Crippen LogP contribution in [-0.2, 0) is 20.9 Å². The number of carbonyl (C=O) groups is 3. The summed E-state index contributed by atoms with van der Waals surface area (Å²) in [6, 6.07) is 10.1. The topological polar surface area (TPSA) is 107 Å². The van der Waals surface area contributed by atoms with Crippen LogP contribution in [0.3, 0.4) is 0 Å². The number of amides is 1. The van der Waals surface area contributed by atoms with E-state index in [-0.39, 0.29) is 11.8 Å². The van der Waals surface area contributed by atoms with Crippen LogP contribution in [0.5, 0.6) is 0 Å². The SMILES string of the molecule is CN(Cc1ccccc1)C(=O)C1CCNCC1.O=C(O)C(=O)O. The monoisotopic (exact) mass is 322 g/mol. The van der Waals surface area contributed by atoms with E-state index in [2.05, 4.69) is 17.4 Å². The van der Waals surface area contributed by atoms with Crippen molar-refractivity contribution in [3.05, 3.63) is 35.9 Å². The van der Waals surface area contributed by atoms with Crippen LogP contribution in [0.25, 0.3) is 0 Å². The lowest BCUT2D eigenvalue weighted by atomic mass is 9.96. The highest BCUT2D eigenvalue weighted by Crippen LogP contribution is 2.15. The predicted octanol–water partition coefficient (Wildman–Crippen LogP) is 0.800. The van der Waals surface area contributed by atoms with E-state index in [1.54, 1.807) is 0 Å². The minimum Gasteiger partial charge on any atom is -0.473 e. The predicted molar refractivity (Wildman–Crippen MR) is 83.8 cm³/mol. The number of carbonyl (C=O) groups excluding carboxylic acids is 1. The van der Waals surface area contributed by atoms with Crippen molar-refractivity contribution in [2.24, 2.45) is 5.92 Å². The Kier molecular flexibility index (Phi) is 7.76. The third kappa shape index (κ3) is 6.92. The second-order valence-corrected chi connectivity index (χ2v) is 5.31. The molecule has 7 nitrogen and oxygen atoms in total. The van der Waals surface area contributed by atoms with E-state index in [1.165, 1.54) is 5.56 Å². The zero-order valence-corrected chi connectivity index (χ0v) is 13.1. The van der Waals surface area contributed by atoms with Crippen molar-refractivity contribution in [3.63, 3.8) is 0 Å². The number of rotatable bonds is 3. The second kappa shape index (κ2) is 9.58. The summed E-state index contributed by atoms with van der Waals surface area (Å²) in [5.41, 5.74) is 1.19. The first-order valence-corrected chi connectivity index (χ1v) is 7.37. The number of hydrogen-bond acceptors (Lipinski definition) is 4. The Morgan fingerprint density at radius 2 is 1.61 bits per heavy atom. The normalized spacial score (nSPS) is 14.3. The molecule has 1 aliphatic rings. The summed E-state index contributed by atoms with van der Waals surface area (Å²) >= 11 is 0. The molecule has 2 rings (SSSR count). The van der Waals surface area contributed by atoms with E-state index in [1.807, 2.05) is 30.1 Å². The zero-order valence-electron chi connectivity index (χ0n) is 13.1. The molecule has 0 spiro atoms. The van der Waals surface area contributed by atoms with Crippen LogP contribution in [0.15, 0.2) is 30.3 Å². The third-order valence-corrected chi connectivity index (χ3v) is 3.51. The van der Waals surface area contributed by atoms with Crippen LogP contribution < -0.4 is 5.32 Å². The van der Waals surface area contributed by atoms with Crippen LogP contribution >= 0.6 is 0 Å². The molecular formula is C16H22N2O5. The fraction of sp³-hybridized carbons (Fsp3) is 0.438. The Hall–Kier alpha value is -2.41. The molecule has 1 saturated heterocycles. The van der Waals surface area contributed by atoms with E-state index in [4.69, 9.17) is 19.8 Å². The molecule has 0 aliphatic carbocycles. The maximum atomic E-state index is 12.2. The number of aliphatic carboxylic acids is 2. The molecule has 3 N–H and O–H groups in total. The van der Waals surface area contributed by atoms with Gasteiger partial charge in [-0.05, 0) is 31.5 Å². The third-order valence-electron chi connectivity index (χ3n) is 3.51. The first kappa shape index (κ1) is 18.6. The van der Waals surface area contributed by atoms with Crippen molar-refractivity contribution in [1.82, 2.24) is 10.2 Å². The highest BCUT2D eigenvalue weighted by molar-refractivity contribution is 6.27. The van der Waals surface area contributed by atoms with E-state index in [0.29, 0.717) is 6.54 Å². The highest BCUT2D eigenvalue weighted by Gasteiger charge is 2.23. The fourth-order valence-corrected chi connectivity index (χ4v) is 2.32. The Bertz CT molecular complexity index is 515. The summed E-state index contributed by atoms with van der Waals surface area (Å²) in [6.45, 7) is 2.65. The maximum absolute atomic E-state index is 12.2. The van der Waals surface area contributed by atoms with Crippen LogP contribution in [0, 0.1) is 5.92 Å². The summed E-state index contributed by atoms with van der Waals surface area (Å²) in [4.78, 5) is 32.3. The Balaban J connectivity index is 0.000000379. The Labute approximate surface area is 134 Å². The number of hydrogen-bond donors (Lipinski definition) is 3. The van der Waals surface area contributed by atoms with Crippen molar-refractivity contribution in [1.29, 1.82) is 0 Å². The summed E-state index contributed by atoms with van der Waals surface area (Å²) in [7, 11) is 1.90. The molecule has 1 aromatic rings. The van der Waals surface area contributed by atoms with Gasteiger partial charge in [0.25, 0.3) is 0 Å². The molecule has 23 heavy (non-hydrogen) atoms. The van der Waals surface area contributed by atoms with Gasteiger partial charge in [-0.3, -0.25) is 4.79 Å². The molecule has 1 amide bonds. The summed E-state index contributed by atoms with van der Waals surface area (Å²) in [5.74, 6) is -3.15. The van der Waals surface area contributed by atoms with E-state index < -0.39 is 11.9 Å². The van der Waals surface area contributed by atoms with Gasteiger partial charge in [0.05, 0.1) is 0 Å². The average molecular weight is 322 g/mol. The molecule has 1 aliphatic heterocycles. The van der Waals surface area contributed by atoms with Gasteiger partial charge >= 0.3 is 11.9 Å². The molecule has 0 unspecified atom stereocenters. The highest BCUT2D eigenvalue weighted by atomic mass is 16.4. The number of carboxylic acids is 2. The first-order valence-electron chi connectivity index (χ1n) is 7.37. The molecule has 7 heteroatoms. The maximum Gasteiger partial charge on any atom is 0.414 e. The van der Waals surface area contributed by atoms with Crippen LogP contribution in [0.2, 0.25) is 0 Å². The number of carboxylic acid groups (broad SMARTS) is 2. The molecule has 0 radical (unpaired) electrons. The average Bonchev–Trinajstić information content (AvgIpc) is 2.56. The molecule has 1 fully saturated rings. The van der Waals surface area contributed by atoms with Gasteiger partial charge in [-0.15, -0.1) is 0 Å². The minimum absolute atomic E-state index is 0.213. The number of benzene rings is 1. The van der Waals surface area contributed by atoms with Gasteiger partial charge in [0.2, 0.25) is 5.91 Å². The van der Waals surface area contributed by atoms with Crippen molar-refractivity contribution < 1.29 is 24.6 Å². The second-order valence-electron chi connectivity index (χ2n) is 5.31. The number of piperidine rings is 1. The standard InChI is InChI=1S/C14H20N2O.C2H2O4/c1-16(11-12-5-3-2-4-6-12)14(17)13-7-9-15-10-8-13;3-1(4)2(5)6/h2-6,13,15H,7-11H2,1H3;(H,3,4)(H,5,6). The van der Waals surface area contributed by atoms with Crippen molar-refractivity contribution in [2.75, 3.05) is 20.1 Å². The molecule has 0 bridgehead atoms. The van der Waals surface area contributed by atoms with Gasteiger partial charge in [0, 0.05) is 19.5 Å². The Morgan fingerprint density at radius 1 is 1.09 bits per heavy atom. The molecule has 1 aromatic carbocycles. The lowest BCUT2D eigenvalue weighted by Gasteiger charge is -2.27. The van der Waals surface area contributed by atoms with Crippen LogP contribution in [0.4, 0.5) is 0 Å². The minimum atomic E-state index is -1.82. The lowest BCUT2D eigenvalue weighted by Crippen LogP contribution is -2.38. The van der Waals surface area contributed by atoms with Crippen LogP contribution in [0.1, 0.15) is 18.4 Å². The van der Waals surface area contributed by atoms with E-state index >= 15 is 0 Å². The molecule has 0 aromatic heterocycles. The molecule has 0 atom stereocenters. The van der Waals surface area contributed by atoms with E-state index in [0.717, 1.165) is 25.9 Å². The van der Waals surface area contributed by atoms with Gasteiger partial charge < -0.3 is 20.4 Å². The molecular weight excluding hydrogens is 300 g/mol. The van der Waals surface area contributed by atoms with Crippen LogP contribution in [-0.4, -0.2) is 53.1 Å². The molecule has 0 saturated carbocycles. The van der Waals surface area contributed by atoms with Gasteiger partial charge in [0.15, 0.2) is 0 Å². The van der Waals surface area contributed by atoms with E-state index in [9.17, 15) is 4.79 Å². The molecule has 1 heterocycles. The van der Waals surface area contributed by atoms with Gasteiger partial charge in [-0.2, -0.15) is 0 Å².